The minimum Gasteiger partial charge on any atom is -0.471 e. The molecule has 0 bridgehead atoms. The van der Waals surface area contributed by atoms with Gasteiger partial charge in [0.2, 0.25) is 5.82 Å². The average molecular weight is 279 g/mol. The van der Waals surface area contributed by atoms with E-state index in [4.69, 9.17) is 4.74 Å². The molecule has 1 saturated heterocycles. The molecule has 1 aliphatic heterocycles. The summed E-state index contributed by atoms with van der Waals surface area (Å²) in [6.45, 7) is 8.23. The van der Waals surface area contributed by atoms with Crippen LogP contribution in [0.1, 0.15) is 27.2 Å². The van der Waals surface area contributed by atoms with E-state index in [1.807, 2.05) is 24.0 Å². The molecular formula is C15H22FN3O. The lowest BCUT2D eigenvalue weighted by atomic mass is 9.92. The summed E-state index contributed by atoms with van der Waals surface area (Å²) in [7, 11) is 0. The van der Waals surface area contributed by atoms with Crippen molar-refractivity contribution in [3.8, 4) is 5.88 Å². The van der Waals surface area contributed by atoms with Crippen LogP contribution in [-0.4, -0.2) is 29.7 Å². The normalized spacial score (nSPS) is 23.3. The number of halogens is 1. The number of allylic oxidation sites excluding steroid dienone is 1. The smallest absolute Gasteiger partial charge is 0.256 e. The first-order valence-corrected chi connectivity index (χ1v) is 7.11. The van der Waals surface area contributed by atoms with Gasteiger partial charge in [-0.2, -0.15) is 9.37 Å². The number of anilines is 1. The van der Waals surface area contributed by atoms with E-state index in [1.54, 1.807) is 0 Å². The third kappa shape index (κ3) is 3.46. The monoisotopic (exact) mass is 279 g/mol. The van der Waals surface area contributed by atoms with Gasteiger partial charge in [-0.05, 0) is 25.2 Å². The van der Waals surface area contributed by atoms with Crippen LogP contribution in [0.3, 0.4) is 0 Å². The molecule has 0 radical (unpaired) electrons. The SMILES string of the molecule is CC=CCOc1ncnc(N2CC(C)CC(C)C2)c1F. The first-order chi connectivity index (χ1) is 9.61. The summed E-state index contributed by atoms with van der Waals surface area (Å²) in [5.41, 5.74) is 0. The van der Waals surface area contributed by atoms with Crippen molar-refractivity contribution in [2.75, 3.05) is 24.6 Å². The van der Waals surface area contributed by atoms with Crippen LogP contribution in [0.25, 0.3) is 0 Å². The first kappa shape index (κ1) is 14.8. The van der Waals surface area contributed by atoms with Gasteiger partial charge in [0.25, 0.3) is 5.88 Å². The molecule has 4 nitrogen and oxygen atoms in total. The van der Waals surface area contributed by atoms with E-state index < -0.39 is 5.82 Å². The molecule has 0 saturated carbocycles. The van der Waals surface area contributed by atoms with Crippen LogP contribution >= 0.6 is 0 Å². The zero-order chi connectivity index (χ0) is 14.5. The van der Waals surface area contributed by atoms with Gasteiger partial charge in [0.1, 0.15) is 12.9 Å². The van der Waals surface area contributed by atoms with Crippen LogP contribution in [0.4, 0.5) is 10.2 Å². The van der Waals surface area contributed by atoms with Gasteiger partial charge < -0.3 is 9.64 Å². The highest BCUT2D eigenvalue weighted by Gasteiger charge is 2.26. The highest BCUT2D eigenvalue weighted by Crippen LogP contribution is 2.29. The van der Waals surface area contributed by atoms with Crippen LogP contribution in [0.15, 0.2) is 18.5 Å². The van der Waals surface area contributed by atoms with Gasteiger partial charge in [-0.1, -0.05) is 26.0 Å². The Morgan fingerprint density at radius 1 is 1.35 bits per heavy atom. The van der Waals surface area contributed by atoms with E-state index in [2.05, 4.69) is 23.8 Å². The Kier molecular flexibility index (Phi) is 4.93. The molecule has 20 heavy (non-hydrogen) atoms. The van der Waals surface area contributed by atoms with Crippen molar-refractivity contribution in [2.45, 2.75) is 27.2 Å². The molecule has 1 aliphatic rings. The van der Waals surface area contributed by atoms with Gasteiger partial charge in [0.15, 0.2) is 5.82 Å². The maximum Gasteiger partial charge on any atom is 0.256 e. The second-order valence-corrected chi connectivity index (χ2v) is 5.55. The quantitative estimate of drug-likeness (QED) is 0.794. The summed E-state index contributed by atoms with van der Waals surface area (Å²) >= 11 is 0. The number of hydrogen-bond acceptors (Lipinski definition) is 4. The van der Waals surface area contributed by atoms with Crippen molar-refractivity contribution in [3.63, 3.8) is 0 Å². The van der Waals surface area contributed by atoms with Crippen LogP contribution < -0.4 is 9.64 Å². The molecule has 2 rings (SSSR count). The Hall–Kier alpha value is -1.65. The lowest BCUT2D eigenvalue weighted by Gasteiger charge is -2.35. The summed E-state index contributed by atoms with van der Waals surface area (Å²) in [6, 6.07) is 0. The maximum absolute atomic E-state index is 14.4. The Balaban J connectivity index is 2.17. The Bertz CT molecular complexity index is 468. The fraction of sp³-hybridized carbons (Fsp3) is 0.600. The first-order valence-electron chi connectivity index (χ1n) is 7.11. The number of ether oxygens (including phenoxy) is 1. The van der Waals surface area contributed by atoms with Crippen LogP contribution in [0.2, 0.25) is 0 Å². The molecule has 1 aromatic rings. The van der Waals surface area contributed by atoms with Crippen molar-refractivity contribution in [2.24, 2.45) is 11.8 Å². The second-order valence-electron chi connectivity index (χ2n) is 5.55. The lowest BCUT2D eigenvalue weighted by molar-refractivity contribution is 0.320. The van der Waals surface area contributed by atoms with Gasteiger partial charge in [0, 0.05) is 13.1 Å². The molecule has 110 valence electrons. The zero-order valence-corrected chi connectivity index (χ0v) is 12.3. The van der Waals surface area contributed by atoms with E-state index in [0.29, 0.717) is 24.3 Å². The molecular weight excluding hydrogens is 257 g/mol. The average Bonchev–Trinajstić information content (AvgIpc) is 2.40. The summed E-state index contributed by atoms with van der Waals surface area (Å²) in [5, 5.41) is 0. The molecule has 2 atom stereocenters. The number of aromatic nitrogens is 2. The van der Waals surface area contributed by atoms with Gasteiger partial charge in [-0.15, -0.1) is 0 Å². The topological polar surface area (TPSA) is 38.3 Å². The predicted octanol–water partition coefficient (Wildman–Crippen LogP) is 3.05. The highest BCUT2D eigenvalue weighted by molar-refractivity contribution is 5.43. The Labute approximate surface area is 119 Å². The minimum atomic E-state index is -0.460. The van der Waals surface area contributed by atoms with E-state index in [-0.39, 0.29) is 5.88 Å². The van der Waals surface area contributed by atoms with Crippen LogP contribution in [-0.2, 0) is 0 Å². The maximum atomic E-state index is 14.4. The third-order valence-electron chi connectivity index (χ3n) is 3.46. The highest BCUT2D eigenvalue weighted by atomic mass is 19.1. The molecule has 0 amide bonds. The fourth-order valence-electron chi connectivity index (χ4n) is 2.73. The van der Waals surface area contributed by atoms with E-state index >= 15 is 0 Å². The molecule has 2 unspecified atom stereocenters. The molecule has 5 heteroatoms. The molecule has 0 N–H and O–H groups in total. The van der Waals surface area contributed by atoms with Crippen molar-refractivity contribution < 1.29 is 9.13 Å². The van der Waals surface area contributed by atoms with Crippen LogP contribution in [0.5, 0.6) is 5.88 Å². The number of hydrogen-bond donors (Lipinski definition) is 0. The minimum absolute atomic E-state index is 0.0268. The molecule has 1 fully saturated rings. The third-order valence-corrected chi connectivity index (χ3v) is 3.46. The summed E-state index contributed by atoms with van der Waals surface area (Å²) < 4.78 is 19.7. The number of rotatable bonds is 4. The van der Waals surface area contributed by atoms with Crippen molar-refractivity contribution >= 4 is 5.82 Å². The number of piperidine rings is 1. The Morgan fingerprint density at radius 2 is 2.05 bits per heavy atom. The predicted molar refractivity (Wildman–Crippen MR) is 77.5 cm³/mol. The van der Waals surface area contributed by atoms with Gasteiger partial charge >= 0.3 is 0 Å². The molecule has 0 spiro atoms. The zero-order valence-electron chi connectivity index (χ0n) is 12.3. The van der Waals surface area contributed by atoms with Gasteiger partial charge in [-0.25, -0.2) is 4.98 Å². The van der Waals surface area contributed by atoms with E-state index in [0.717, 1.165) is 13.1 Å². The largest absolute Gasteiger partial charge is 0.471 e. The summed E-state index contributed by atoms with van der Waals surface area (Å²) in [5.74, 6) is 1.01. The van der Waals surface area contributed by atoms with Crippen molar-refractivity contribution in [3.05, 3.63) is 24.3 Å². The molecule has 0 aromatic carbocycles. The van der Waals surface area contributed by atoms with Gasteiger partial charge in [0.05, 0.1) is 0 Å². The Morgan fingerprint density at radius 3 is 2.70 bits per heavy atom. The van der Waals surface area contributed by atoms with Gasteiger partial charge in [-0.3, -0.25) is 0 Å². The molecule has 2 heterocycles. The second kappa shape index (κ2) is 6.68. The lowest BCUT2D eigenvalue weighted by Crippen LogP contribution is -2.39. The number of nitrogens with zero attached hydrogens (tertiary/aromatic N) is 3. The summed E-state index contributed by atoms with van der Waals surface area (Å²) in [6.07, 6.45) is 6.21. The standard InChI is InChI=1S/C15H22FN3O/c1-4-5-6-20-15-13(16)14(17-10-18-15)19-8-11(2)7-12(3)9-19/h4-5,10-12H,6-9H2,1-3H3. The molecule has 1 aromatic heterocycles. The van der Waals surface area contributed by atoms with Crippen LogP contribution in [0, 0.1) is 17.7 Å². The molecule has 0 aliphatic carbocycles. The fourth-order valence-corrected chi connectivity index (χ4v) is 2.73. The van der Waals surface area contributed by atoms with E-state index in [9.17, 15) is 4.39 Å². The van der Waals surface area contributed by atoms with Crippen molar-refractivity contribution in [1.82, 2.24) is 9.97 Å². The van der Waals surface area contributed by atoms with Crippen molar-refractivity contribution in [1.29, 1.82) is 0 Å². The summed E-state index contributed by atoms with van der Waals surface area (Å²) in [4.78, 5) is 9.97. The van der Waals surface area contributed by atoms with E-state index in [1.165, 1.54) is 12.7 Å².